The van der Waals surface area contributed by atoms with Crippen LogP contribution in [0.25, 0.3) is 0 Å². The lowest BCUT2D eigenvalue weighted by Crippen LogP contribution is -2.44. The van der Waals surface area contributed by atoms with Gasteiger partial charge in [-0.15, -0.1) is 0 Å². The summed E-state index contributed by atoms with van der Waals surface area (Å²) in [7, 11) is 0. The molecule has 1 aromatic carbocycles. The van der Waals surface area contributed by atoms with Gasteiger partial charge in [0.05, 0.1) is 5.69 Å². The number of hydrogen-bond donors (Lipinski definition) is 1. The highest BCUT2D eigenvalue weighted by Crippen LogP contribution is 2.36. The first-order chi connectivity index (χ1) is 9.06. The molecule has 2 rings (SSSR count). The molecule has 2 amide bonds. The maximum atomic E-state index is 12.0. The summed E-state index contributed by atoms with van der Waals surface area (Å²) in [4.78, 5) is 25.1. The van der Waals surface area contributed by atoms with Crippen molar-refractivity contribution >= 4 is 23.2 Å². The van der Waals surface area contributed by atoms with E-state index in [0.717, 1.165) is 0 Å². The van der Waals surface area contributed by atoms with E-state index in [4.69, 9.17) is 4.74 Å². The zero-order valence-electron chi connectivity index (χ0n) is 11.4. The Hall–Kier alpha value is -2.04. The third-order valence-electron chi connectivity index (χ3n) is 3.09. The lowest BCUT2D eigenvalue weighted by Gasteiger charge is -2.32. The van der Waals surface area contributed by atoms with Crippen molar-refractivity contribution in [2.45, 2.75) is 33.3 Å². The highest BCUT2D eigenvalue weighted by atomic mass is 16.5. The first-order valence-electron chi connectivity index (χ1n) is 6.48. The van der Waals surface area contributed by atoms with Crippen LogP contribution in [0.5, 0.6) is 5.75 Å². The molecule has 0 bridgehead atoms. The first-order valence-corrected chi connectivity index (χ1v) is 6.48. The van der Waals surface area contributed by atoms with Gasteiger partial charge in [0, 0.05) is 18.7 Å². The van der Waals surface area contributed by atoms with Gasteiger partial charge in [-0.2, -0.15) is 0 Å². The molecule has 19 heavy (non-hydrogen) atoms. The van der Waals surface area contributed by atoms with Gasteiger partial charge in [-0.1, -0.05) is 6.92 Å². The van der Waals surface area contributed by atoms with Crippen LogP contribution in [-0.4, -0.2) is 24.5 Å². The van der Waals surface area contributed by atoms with Gasteiger partial charge in [-0.05, 0) is 32.0 Å². The van der Waals surface area contributed by atoms with E-state index in [2.05, 4.69) is 5.32 Å². The first kappa shape index (κ1) is 13.4. The Balaban J connectivity index is 2.35. The fourth-order valence-electron chi connectivity index (χ4n) is 2.06. The fourth-order valence-corrected chi connectivity index (χ4v) is 2.06. The van der Waals surface area contributed by atoms with Gasteiger partial charge in [0.2, 0.25) is 5.91 Å². The fraction of sp³-hybridized carbons (Fsp3) is 0.429. The predicted octanol–water partition coefficient (Wildman–Crippen LogP) is 2.17. The SMILES string of the molecule is CCC(=O)Nc1ccc2c(c1)N(CC)C(=O)C(C)O2. The maximum Gasteiger partial charge on any atom is 0.267 e. The Morgan fingerprint density at radius 2 is 2.16 bits per heavy atom. The Kier molecular flexibility index (Phi) is 3.74. The Labute approximate surface area is 112 Å². The molecular weight excluding hydrogens is 244 g/mol. The average Bonchev–Trinajstić information content (AvgIpc) is 2.40. The lowest BCUT2D eigenvalue weighted by molar-refractivity contribution is -0.125. The molecule has 5 heteroatoms. The van der Waals surface area contributed by atoms with Gasteiger partial charge >= 0.3 is 0 Å². The zero-order valence-corrected chi connectivity index (χ0v) is 11.4. The molecule has 0 fully saturated rings. The molecule has 1 aliphatic heterocycles. The molecule has 0 saturated carbocycles. The number of carbonyl (C=O) groups is 2. The highest BCUT2D eigenvalue weighted by molar-refractivity contribution is 6.01. The number of likely N-dealkylation sites (N-methyl/N-ethyl adjacent to an activating group) is 1. The van der Waals surface area contributed by atoms with Crippen LogP contribution in [0.4, 0.5) is 11.4 Å². The monoisotopic (exact) mass is 262 g/mol. The number of hydrogen-bond acceptors (Lipinski definition) is 3. The normalized spacial score (nSPS) is 17.7. The summed E-state index contributed by atoms with van der Waals surface area (Å²) in [5.41, 5.74) is 1.38. The minimum absolute atomic E-state index is 0.0561. The Morgan fingerprint density at radius 1 is 1.42 bits per heavy atom. The number of rotatable bonds is 3. The number of fused-ring (bicyclic) bond motifs is 1. The van der Waals surface area contributed by atoms with E-state index in [1.54, 1.807) is 36.9 Å². The van der Waals surface area contributed by atoms with Gasteiger partial charge in [-0.3, -0.25) is 9.59 Å². The van der Waals surface area contributed by atoms with Crippen LogP contribution < -0.4 is 15.0 Å². The van der Waals surface area contributed by atoms with Gasteiger partial charge in [-0.25, -0.2) is 0 Å². The molecular formula is C14H18N2O3. The van der Waals surface area contributed by atoms with Gasteiger partial charge in [0.15, 0.2) is 6.10 Å². The van der Waals surface area contributed by atoms with Crippen molar-refractivity contribution in [2.24, 2.45) is 0 Å². The number of benzene rings is 1. The second kappa shape index (κ2) is 5.30. The van der Waals surface area contributed by atoms with Crippen LogP contribution in [0.1, 0.15) is 27.2 Å². The van der Waals surface area contributed by atoms with Crippen LogP contribution in [-0.2, 0) is 9.59 Å². The zero-order chi connectivity index (χ0) is 14.0. The van der Waals surface area contributed by atoms with Crippen LogP contribution in [0.3, 0.4) is 0 Å². The minimum Gasteiger partial charge on any atom is -0.479 e. The predicted molar refractivity (Wildman–Crippen MR) is 73.5 cm³/mol. The molecule has 0 radical (unpaired) electrons. The van der Waals surface area contributed by atoms with E-state index in [-0.39, 0.29) is 11.8 Å². The molecule has 1 N–H and O–H groups in total. The van der Waals surface area contributed by atoms with Crippen LogP contribution in [0, 0.1) is 0 Å². The van der Waals surface area contributed by atoms with Crippen LogP contribution in [0.2, 0.25) is 0 Å². The third kappa shape index (κ3) is 2.54. The smallest absolute Gasteiger partial charge is 0.267 e. The van der Waals surface area contributed by atoms with Crippen molar-refractivity contribution in [2.75, 3.05) is 16.8 Å². The molecule has 1 unspecified atom stereocenters. The van der Waals surface area contributed by atoms with Gasteiger partial charge in [0.25, 0.3) is 5.91 Å². The van der Waals surface area contributed by atoms with Crippen molar-refractivity contribution in [1.29, 1.82) is 0 Å². The summed E-state index contributed by atoms with van der Waals surface area (Å²) in [6, 6.07) is 5.34. The molecule has 1 aromatic rings. The average molecular weight is 262 g/mol. The third-order valence-corrected chi connectivity index (χ3v) is 3.09. The van der Waals surface area contributed by atoms with Crippen molar-refractivity contribution in [3.8, 4) is 5.75 Å². The van der Waals surface area contributed by atoms with E-state index in [1.807, 2.05) is 6.92 Å². The summed E-state index contributed by atoms with van der Waals surface area (Å²) in [5, 5.41) is 2.78. The summed E-state index contributed by atoms with van der Waals surface area (Å²) >= 11 is 0. The molecule has 102 valence electrons. The second-order valence-electron chi connectivity index (χ2n) is 4.43. The summed E-state index contributed by atoms with van der Waals surface area (Å²) in [6.45, 7) is 6.02. The molecule has 0 saturated heterocycles. The molecule has 1 aliphatic rings. The summed E-state index contributed by atoms with van der Waals surface area (Å²) < 4.78 is 5.56. The number of amides is 2. The van der Waals surface area contributed by atoms with E-state index in [9.17, 15) is 9.59 Å². The molecule has 0 aromatic heterocycles. The topological polar surface area (TPSA) is 58.6 Å². The van der Waals surface area contributed by atoms with Crippen LogP contribution in [0.15, 0.2) is 18.2 Å². The molecule has 1 atom stereocenters. The van der Waals surface area contributed by atoms with Gasteiger partial charge in [0.1, 0.15) is 5.75 Å². The van der Waals surface area contributed by atoms with Crippen LogP contribution >= 0.6 is 0 Å². The standard InChI is InChI=1S/C14H18N2O3/c1-4-13(17)15-10-6-7-12-11(8-10)16(5-2)14(18)9(3)19-12/h6-9H,4-5H2,1-3H3,(H,15,17). The van der Waals surface area contributed by atoms with E-state index in [0.29, 0.717) is 30.1 Å². The summed E-state index contributed by atoms with van der Waals surface area (Å²) in [6.07, 6.45) is -0.0513. The lowest BCUT2D eigenvalue weighted by atomic mass is 10.1. The molecule has 1 heterocycles. The quantitative estimate of drug-likeness (QED) is 0.908. The minimum atomic E-state index is -0.469. The van der Waals surface area contributed by atoms with Crippen molar-refractivity contribution in [3.63, 3.8) is 0 Å². The van der Waals surface area contributed by atoms with E-state index in [1.165, 1.54) is 0 Å². The largest absolute Gasteiger partial charge is 0.479 e. The summed E-state index contributed by atoms with van der Waals surface area (Å²) in [5.74, 6) is 0.553. The Morgan fingerprint density at radius 3 is 2.79 bits per heavy atom. The Bertz CT molecular complexity index is 513. The molecule has 0 aliphatic carbocycles. The van der Waals surface area contributed by atoms with Crippen molar-refractivity contribution in [1.82, 2.24) is 0 Å². The number of anilines is 2. The maximum absolute atomic E-state index is 12.0. The number of nitrogens with zero attached hydrogens (tertiary/aromatic N) is 1. The second-order valence-corrected chi connectivity index (χ2v) is 4.43. The van der Waals surface area contributed by atoms with E-state index >= 15 is 0 Å². The van der Waals surface area contributed by atoms with Crippen molar-refractivity contribution < 1.29 is 14.3 Å². The number of ether oxygens (including phenoxy) is 1. The number of nitrogens with one attached hydrogen (secondary N) is 1. The highest BCUT2D eigenvalue weighted by Gasteiger charge is 2.30. The van der Waals surface area contributed by atoms with E-state index < -0.39 is 6.10 Å². The number of carbonyl (C=O) groups excluding carboxylic acids is 2. The molecule has 0 spiro atoms. The van der Waals surface area contributed by atoms with Crippen molar-refractivity contribution in [3.05, 3.63) is 18.2 Å². The van der Waals surface area contributed by atoms with Gasteiger partial charge < -0.3 is 15.0 Å². The molecule has 5 nitrogen and oxygen atoms in total.